The van der Waals surface area contributed by atoms with Gasteiger partial charge in [0.1, 0.15) is 0 Å². The molecule has 1 aromatic rings. The van der Waals surface area contributed by atoms with Crippen molar-refractivity contribution in [3.05, 3.63) is 30.1 Å². The average molecular weight is 446 g/mol. The van der Waals surface area contributed by atoms with E-state index in [1.54, 1.807) is 0 Å². The highest BCUT2D eigenvalue weighted by Gasteiger charge is 2.43. The SMILES string of the molecule is O=C(O)C(F)(F)F.c1ccc(CN2CCO[C@H]3[C@H](OCC4CCOCC4)CC[C@@H]32)nc1. The third kappa shape index (κ3) is 7.13. The van der Waals surface area contributed by atoms with Crippen LogP contribution in [0.15, 0.2) is 24.4 Å². The van der Waals surface area contributed by atoms with Gasteiger partial charge in [0.15, 0.2) is 0 Å². The fourth-order valence-corrected chi connectivity index (χ4v) is 4.24. The molecule has 4 rings (SSSR count). The van der Waals surface area contributed by atoms with Gasteiger partial charge in [-0.2, -0.15) is 13.2 Å². The number of aliphatic carboxylic acids is 1. The Hall–Kier alpha value is -1.75. The van der Waals surface area contributed by atoms with E-state index in [9.17, 15) is 13.2 Å². The van der Waals surface area contributed by atoms with Gasteiger partial charge in [-0.15, -0.1) is 0 Å². The molecule has 2 saturated heterocycles. The summed E-state index contributed by atoms with van der Waals surface area (Å²) in [5.41, 5.74) is 1.14. The van der Waals surface area contributed by atoms with Crippen LogP contribution in [0.1, 0.15) is 31.4 Å². The standard InChI is InChI=1S/C19H28N2O3.C2HF3O2/c1-2-8-20-16(3-1)13-21-9-12-23-19-17(21)4-5-18(19)24-14-15-6-10-22-11-7-15;3-2(4,5)1(6)7/h1-3,8,15,17-19H,4-7,9-14H2;(H,6,7)/t17-,18+,19+;/m0./s1. The second-order valence-electron chi connectivity index (χ2n) is 8.00. The monoisotopic (exact) mass is 446 g/mol. The maximum atomic E-state index is 10.6. The molecule has 31 heavy (non-hydrogen) atoms. The van der Waals surface area contributed by atoms with Gasteiger partial charge in [-0.05, 0) is 43.7 Å². The summed E-state index contributed by atoms with van der Waals surface area (Å²) in [7, 11) is 0. The molecule has 1 N–H and O–H groups in total. The molecule has 1 aromatic heterocycles. The Morgan fingerprint density at radius 3 is 2.58 bits per heavy atom. The number of fused-ring (bicyclic) bond motifs is 1. The van der Waals surface area contributed by atoms with Gasteiger partial charge in [0.2, 0.25) is 0 Å². The molecule has 3 atom stereocenters. The first-order chi connectivity index (χ1) is 14.8. The Labute approximate surface area is 179 Å². The Kier molecular flexibility index (Phi) is 8.65. The number of aromatic nitrogens is 1. The molecule has 1 saturated carbocycles. The van der Waals surface area contributed by atoms with Crippen molar-refractivity contribution in [3.63, 3.8) is 0 Å². The van der Waals surface area contributed by atoms with Crippen molar-refractivity contribution in [1.29, 1.82) is 0 Å². The molecule has 10 heteroatoms. The summed E-state index contributed by atoms with van der Waals surface area (Å²) < 4.78 is 49.6. The summed E-state index contributed by atoms with van der Waals surface area (Å²) in [4.78, 5) is 15.9. The molecular weight excluding hydrogens is 417 g/mol. The van der Waals surface area contributed by atoms with Crippen molar-refractivity contribution >= 4 is 5.97 Å². The van der Waals surface area contributed by atoms with E-state index in [-0.39, 0.29) is 12.2 Å². The second kappa shape index (κ2) is 11.2. The summed E-state index contributed by atoms with van der Waals surface area (Å²) in [5.74, 6) is -2.10. The molecule has 0 aromatic carbocycles. The summed E-state index contributed by atoms with van der Waals surface area (Å²) in [6.45, 7) is 5.34. The van der Waals surface area contributed by atoms with Crippen LogP contribution in [0.4, 0.5) is 13.2 Å². The van der Waals surface area contributed by atoms with E-state index in [0.29, 0.717) is 12.0 Å². The number of ether oxygens (including phenoxy) is 3. The molecule has 0 bridgehead atoms. The number of nitrogens with zero attached hydrogens (tertiary/aromatic N) is 2. The number of rotatable bonds is 5. The number of pyridine rings is 1. The molecule has 0 spiro atoms. The van der Waals surface area contributed by atoms with Crippen LogP contribution in [-0.4, -0.2) is 78.4 Å². The minimum absolute atomic E-state index is 0.224. The van der Waals surface area contributed by atoms with Crippen molar-refractivity contribution in [2.24, 2.45) is 5.92 Å². The minimum Gasteiger partial charge on any atom is -0.475 e. The highest BCUT2D eigenvalue weighted by molar-refractivity contribution is 5.73. The summed E-state index contributed by atoms with van der Waals surface area (Å²) in [6.07, 6.45) is 1.81. The number of morpholine rings is 1. The quantitative estimate of drug-likeness (QED) is 0.745. The molecule has 1 aliphatic carbocycles. The number of alkyl halides is 3. The Morgan fingerprint density at radius 2 is 1.94 bits per heavy atom. The Bertz CT molecular complexity index is 685. The topological polar surface area (TPSA) is 81.1 Å². The van der Waals surface area contributed by atoms with Crippen molar-refractivity contribution in [2.45, 2.75) is 56.7 Å². The molecule has 0 unspecified atom stereocenters. The van der Waals surface area contributed by atoms with E-state index in [4.69, 9.17) is 24.1 Å². The number of hydrogen-bond acceptors (Lipinski definition) is 6. The van der Waals surface area contributed by atoms with Gasteiger partial charge in [0.05, 0.1) is 31.1 Å². The lowest BCUT2D eigenvalue weighted by Gasteiger charge is -2.39. The number of halogens is 3. The summed E-state index contributed by atoms with van der Waals surface area (Å²) in [6, 6.07) is 6.62. The third-order valence-electron chi connectivity index (χ3n) is 5.87. The number of carboxylic acid groups (broad SMARTS) is 1. The van der Waals surface area contributed by atoms with Crippen molar-refractivity contribution in [2.75, 3.05) is 33.0 Å². The van der Waals surface area contributed by atoms with Gasteiger partial charge in [-0.25, -0.2) is 4.79 Å². The molecule has 0 radical (unpaired) electrons. The van der Waals surface area contributed by atoms with Gasteiger partial charge in [0, 0.05) is 38.5 Å². The largest absolute Gasteiger partial charge is 0.490 e. The predicted octanol–water partition coefficient (Wildman–Crippen LogP) is 2.89. The molecule has 0 amide bonds. The first-order valence-corrected chi connectivity index (χ1v) is 10.6. The van der Waals surface area contributed by atoms with E-state index in [0.717, 1.165) is 70.9 Å². The summed E-state index contributed by atoms with van der Waals surface area (Å²) >= 11 is 0. The van der Waals surface area contributed by atoms with E-state index in [1.807, 2.05) is 12.3 Å². The second-order valence-corrected chi connectivity index (χ2v) is 8.00. The number of carboxylic acids is 1. The lowest BCUT2D eigenvalue weighted by atomic mass is 10.0. The predicted molar refractivity (Wildman–Crippen MR) is 104 cm³/mol. The van der Waals surface area contributed by atoms with E-state index in [1.165, 1.54) is 0 Å². The van der Waals surface area contributed by atoms with E-state index < -0.39 is 12.1 Å². The van der Waals surface area contributed by atoms with Crippen LogP contribution in [0.5, 0.6) is 0 Å². The van der Waals surface area contributed by atoms with Crippen molar-refractivity contribution in [3.8, 4) is 0 Å². The van der Waals surface area contributed by atoms with Crippen LogP contribution >= 0.6 is 0 Å². The lowest BCUT2D eigenvalue weighted by Crippen LogP contribution is -2.51. The van der Waals surface area contributed by atoms with Gasteiger partial charge in [0.25, 0.3) is 0 Å². The molecule has 2 aliphatic heterocycles. The van der Waals surface area contributed by atoms with E-state index in [2.05, 4.69) is 22.0 Å². The van der Waals surface area contributed by atoms with Crippen LogP contribution < -0.4 is 0 Å². The zero-order valence-electron chi connectivity index (χ0n) is 17.3. The maximum Gasteiger partial charge on any atom is 0.490 e. The molecule has 3 heterocycles. The van der Waals surface area contributed by atoms with Gasteiger partial charge >= 0.3 is 12.1 Å². The zero-order valence-corrected chi connectivity index (χ0v) is 17.3. The third-order valence-corrected chi connectivity index (χ3v) is 5.87. The van der Waals surface area contributed by atoms with Crippen molar-refractivity contribution in [1.82, 2.24) is 9.88 Å². The molecule has 3 aliphatic rings. The first-order valence-electron chi connectivity index (χ1n) is 10.6. The van der Waals surface area contributed by atoms with Crippen LogP contribution in [-0.2, 0) is 25.5 Å². The van der Waals surface area contributed by atoms with Crippen LogP contribution in [0.3, 0.4) is 0 Å². The fraction of sp³-hybridized carbons (Fsp3) is 0.714. The first kappa shape index (κ1) is 23.9. The molecule has 7 nitrogen and oxygen atoms in total. The van der Waals surface area contributed by atoms with E-state index >= 15 is 0 Å². The Balaban J connectivity index is 0.000000339. The van der Waals surface area contributed by atoms with Crippen molar-refractivity contribution < 1.29 is 37.3 Å². The number of carbonyl (C=O) groups is 1. The highest BCUT2D eigenvalue weighted by Crippen LogP contribution is 2.33. The minimum atomic E-state index is -5.08. The van der Waals surface area contributed by atoms with Gasteiger partial charge < -0.3 is 19.3 Å². The summed E-state index contributed by atoms with van der Waals surface area (Å²) in [5, 5.41) is 7.12. The van der Waals surface area contributed by atoms with Crippen LogP contribution in [0, 0.1) is 5.92 Å². The number of hydrogen-bond donors (Lipinski definition) is 1. The fourth-order valence-electron chi connectivity index (χ4n) is 4.24. The Morgan fingerprint density at radius 1 is 1.19 bits per heavy atom. The molecule has 3 fully saturated rings. The zero-order chi connectivity index (χ0) is 22.3. The van der Waals surface area contributed by atoms with Gasteiger partial charge in [-0.1, -0.05) is 6.07 Å². The molecule has 174 valence electrons. The lowest BCUT2D eigenvalue weighted by molar-refractivity contribution is -0.192. The normalized spacial score (nSPS) is 27.3. The van der Waals surface area contributed by atoms with Crippen LogP contribution in [0.2, 0.25) is 0 Å². The maximum absolute atomic E-state index is 10.6. The average Bonchev–Trinajstić information content (AvgIpc) is 3.18. The highest BCUT2D eigenvalue weighted by atomic mass is 19.4. The molecular formula is C21H29F3N2O5. The van der Waals surface area contributed by atoms with Crippen LogP contribution in [0.25, 0.3) is 0 Å². The smallest absolute Gasteiger partial charge is 0.475 e. The van der Waals surface area contributed by atoms with Gasteiger partial charge in [-0.3, -0.25) is 9.88 Å².